The van der Waals surface area contributed by atoms with Crippen molar-refractivity contribution in [2.24, 2.45) is 0 Å². The number of nitrogens with one attached hydrogen (secondary N) is 1. The molecule has 0 amide bonds. The number of aromatic nitrogens is 2. The van der Waals surface area contributed by atoms with Gasteiger partial charge >= 0.3 is 0 Å². The van der Waals surface area contributed by atoms with Crippen LogP contribution in [0, 0.1) is 11.2 Å². The lowest BCUT2D eigenvalue weighted by atomic mass is 10.2. The third kappa shape index (κ3) is 4.15. The van der Waals surface area contributed by atoms with E-state index in [-0.39, 0.29) is 28.7 Å². The molecule has 8 nitrogen and oxygen atoms in total. The van der Waals surface area contributed by atoms with Crippen molar-refractivity contribution in [3.05, 3.63) is 64.7 Å². The summed E-state index contributed by atoms with van der Waals surface area (Å²) in [5, 5.41) is 25.9. The molecule has 3 rings (SSSR count). The zero-order valence-corrected chi connectivity index (χ0v) is 14.8. The molecule has 0 saturated carbocycles. The van der Waals surface area contributed by atoms with Gasteiger partial charge < -0.3 is 9.47 Å². The molecule has 140 valence electrons. The lowest BCUT2D eigenvalue weighted by Crippen LogP contribution is -2.28. The quantitative estimate of drug-likeness (QED) is 0.374. The maximum Gasteiger partial charge on any atom is 0.182 e. The summed E-state index contributed by atoms with van der Waals surface area (Å²) in [7, 11) is 1.54. The van der Waals surface area contributed by atoms with Crippen molar-refractivity contribution in [3.8, 4) is 11.5 Å². The van der Waals surface area contributed by atoms with Crippen LogP contribution in [0.25, 0.3) is 0 Å². The number of ether oxygens (including phenoxy) is 2. The SMILES string of the molecule is COc1cccc(OCc2nonc2C(=N)N(O)c2ccc(F)c(Cl)c2)c1. The van der Waals surface area contributed by atoms with Gasteiger partial charge in [0.2, 0.25) is 0 Å². The largest absolute Gasteiger partial charge is 0.497 e. The van der Waals surface area contributed by atoms with Crippen molar-refractivity contribution >= 4 is 23.1 Å². The van der Waals surface area contributed by atoms with Gasteiger partial charge in [-0.25, -0.2) is 14.1 Å². The van der Waals surface area contributed by atoms with E-state index in [0.717, 1.165) is 6.07 Å². The van der Waals surface area contributed by atoms with Crippen LogP contribution in [0.4, 0.5) is 10.1 Å². The molecule has 0 bridgehead atoms. The second-order valence-corrected chi connectivity index (χ2v) is 5.69. The van der Waals surface area contributed by atoms with E-state index in [2.05, 4.69) is 14.9 Å². The Bertz CT molecular complexity index is 966. The molecule has 0 unspecified atom stereocenters. The number of anilines is 1. The van der Waals surface area contributed by atoms with E-state index in [1.165, 1.54) is 19.2 Å². The zero-order valence-electron chi connectivity index (χ0n) is 14.0. The molecule has 1 heterocycles. The van der Waals surface area contributed by atoms with Crippen LogP contribution < -0.4 is 14.5 Å². The number of hydrogen-bond donors (Lipinski definition) is 2. The highest BCUT2D eigenvalue weighted by Gasteiger charge is 2.22. The molecular formula is C17H14ClFN4O4. The molecule has 1 aromatic heterocycles. The number of halogens is 2. The van der Waals surface area contributed by atoms with Crippen LogP contribution in [0.5, 0.6) is 11.5 Å². The Morgan fingerprint density at radius 3 is 2.78 bits per heavy atom. The number of nitrogens with zero attached hydrogens (tertiary/aromatic N) is 3. The summed E-state index contributed by atoms with van der Waals surface area (Å²) in [6.45, 7) is -0.0631. The summed E-state index contributed by atoms with van der Waals surface area (Å²) in [5.41, 5.74) is 0.227. The van der Waals surface area contributed by atoms with Crippen molar-refractivity contribution in [1.29, 1.82) is 5.41 Å². The minimum atomic E-state index is -0.643. The summed E-state index contributed by atoms with van der Waals surface area (Å²) < 4.78 is 28.6. The average molecular weight is 393 g/mol. The lowest BCUT2D eigenvalue weighted by Gasteiger charge is -2.16. The monoisotopic (exact) mass is 392 g/mol. The smallest absolute Gasteiger partial charge is 0.182 e. The number of hydrogen-bond acceptors (Lipinski definition) is 7. The maximum atomic E-state index is 13.3. The van der Waals surface area contributed by atoms with Gasteiger partial charge in [0, 0.05) is 6.07 Å². The second-order valence-electron chi connectivity index (χ2n) is 5.29. The van der Waals surface area contributed by atoms with E-state index in [9.17, 15) is 9.60 Å². The van der Waals surface area contributed by atoms with Crippen molar-refractivity contribution < 1.29 is 23.7 Å². The molecular weight excluding hydrogens is 379 g/mol. The van der Waals surface area contributed by atoms with Crippen LogP contribution in [0.3, 0.4) is 0 Å². The van der Waals surface area contributed by atoms with Crippen LogP contribution >= 0.6 is 11.6 Å². The molecule has 10 heteroatoms. The Hall–Kier alpha value is -3.17. The zero-order chi connectivity index (χ0) is 19.4. The molecule has 0 saturated heterocycles. The number of rotatable bonds is 6. The summed E-state index contributed by atoms with van der Waals surface area (Å²) >= 11 is 5.70. The molecule has 3 aromatic rings. The van der Waals surface area contributed by atoms with Gasteiger partial charge in [0.25, 0.3) is 0 Å². The number of benzene rings is 2. The Labute approximate surface area is 158 Å². The van der Waals surface area contributed by atoms with Crippen molar-refractivity contribution in [2.75, 3.05) is 12.2 Å². The predicted molar refractivity (Wildman–Crippen MR) is 94.1 cm³/mol. The Balaban J connectivity index is 1.75. The molecule has 0 aliphatic heterocycles. The fraction of sp³-hybridized carbons (Fsp3) is 0.118. The lowest BCUT2D eigenvalue weighted by molar-refractivity contribution is 0.269. The summed E-state index contributed by atoms with van der Waals surface area (Å²) in [6.07, 6.45) is 0. The minimum absolute atomic E-state index is 0.0409. The molecule has 0 aliphatic rings. The Kier molecular flexibility index (Phi) is 5.53. The third-order valence-corrected chi connectivity index (χ3v) is 3.85. The molecule has 27 heavy (non-hydrogen) atoms. The van der Waals surface area contributed by atoms with Gasteiger partial charge in [0.15, 0.2) is 17.2 Å². The number of hydroxylamine groups is 1. The number of amidine groups is 1. The summed E-state index contributed by atoms with van der Waals surface area (Å²) in [4.78, 5) is 0. The Morgan fingerprint density at radius 2 is 2.04 bits per heavy atom. The third-order valence-electron chi connectivity index (χ3n) is 3.56. The average Bonchev–Trinajstić information content (AvgIpc) is 3.16. The van der Waals surface area contributed by atoms with Crippen molar-refractivity contribution in [1.82, 2.24) is 10.3 Å². The van der Waals surface area contributed by atoms with Crippen LogP contribution in [-0.4, -0.2) is 28.5 Å². The predicted octanol–water partition coefficient (Wildman–Crippen LogP) is 3.67. The van der Waals surface area contributed by atoms with Crippen molar-refractivity contribution in [3.63, 3.8) is 0 Å². The highest BCUT2D eigenvalue weighted by molar-refractivity contribution is 6.31. The van der Waals surface area contributed by atoms with Crippen LogP contribution in [0.2, 0.25) is 5.02 Å². The molecule has 2 aromatic carbocycles. The van der Waals surface area contributed by atoms with Crippen molar-refractivity contribution in [2.45, 2.75) is 6.61 Å². The minimum Gasteiger partial charge on any atom is -0.497 e. The van der Waals surface area contributed by atoms with E-state index in [1.54, 1.807) is 24.3 Å². The highest BCUT2D eigenvalue weighted by atomic mass is 35.5. The van der Waals surface area contributed by atoms with E-state index in [4.69, 9.17) is 26.5 Å². The van der Waals surface area contributed by atoms with Gasteiger partial charge in [-0.2, -0.15) is 0 Å². The molecule has 0 aliphatic carbocycles. The van der Waals surface area contributed by atoms with E-state index >= 15 is 0 Å². The second kappa shape index (κ2) is 8.02. The highest BCUT2D eigenvalue weighted by Crippen LogP contribution is 2.24. The van der Waals surface area contributed by atoms with E-state index < -0.39 is 11.7 Å². The molecule has 0 fully saturated rings. The maximum absolute atomic E-state index is 13.3. The van der Waals surface area contributed by atoms with Gasteiger partial charge in [0.1, 0.15) is 23.9 Å². The summed E-state index contributed by atoms with van der Waals surface area (Å²) in [6, 6.07) is 10.4. The van der Waals surface area contributed by atoms with Gasteiger partial charge in [-0.05, 0) is 35.5 Å². The van der Waals surface area contributed by atoms with E-state index in [1.807, 2.05) is 0 Å². The van der Waals surface area contributed by atoms with Gasteiger partial charge in [0.05, 0.1) is 17.8 Å². The first-order valence-electron chi connectivity index (χ1n) is 7.61. The van der Waals surface area contributed by atoms with Gasteiger partial charge in [-0.15, -0.1) is 0 Å². The molecule has 0 spiro atoms. The van der Waals surface area contributed by atoms with Gasteiger partial charge in [-0.1, -0.05) is 22.8 Å². The standard InChI is InChI=1S/C17H14ClFN4O4/c1-25-11-3-2-4-12(8-11)26-9-15-16(22-27-21-15)17(20)23(24)10-5-6-14(19)13(18)7-10/h2-8,20,24H,9H2,1H3. The van der Waals surface area contributed by atoms with Crippen LogP contribution in [-0.2, 0) is 6.61 Å². The van der Waals surface area contributed by atoms with Gasteiger partial charge in [-0.3, -0.25) is 10.6 Å². The first kappa shape index (κ1) is 18.6. The molecule has 0 radical (unpaired) electrons. The normalized spacial score (nSPS) is 10.5. The van der Waals surface area contributed by atoms with Crippen LogP contribution in [0.15, 0.2) is 47.1 Å². The fourth-order valence-corrected chi connectivity index (χ4v) is 2.34. The van der Waals surface area contributed by atoms with Crippen LogP contribution in [0.1, 0.15) is 11.4 Å². The van der Waals surface area contributed by atoms with E-state index in [0.29, 0.717) is 16.6 Å². The summed E-state index contributed by atoms with van der Waals surface area (Å²) in [5.74, 6) is 0.0495. The topological polar surface area (TPSA) is 105 Å². The molecule has 2 N–H and O–H groups in total. The first-order chi connectivity index (χ1) is 13.0. The first-order valence-corrected chi connectivity index (χ1v) is 7.98. The Morgan fingerprint density at radius 1 is 1.26 bits per heavy atom. The molecule has 0 atom stereocenters. The number of methoxy groups -OCH3 is 1. The fourth-order valence-electron chi connectivity index (χ4n) is 2.17.